The molecule has 11 heteroatoms. The number of hydrogen-bond donors (Lipinski definition) is 1. The van der Waals surface area contributed by atoms with E-state index in [0.717, 1.165) is 0 Å². The molecule has 1 heterocycles. The molecule has 1 N–H and O–H groups in total. The topological polar surface area (TPSA) is 120 Å². The van der Waals surface area contributed by atoms with Crippen LogP contribution in [0.15, 0.2) is 78.0 Å². The van der Waals surface area contributed by atoms with Crippen LogP contribution < -0.4 is 19.7 Å². The molecule has 4 rings (SSSR count). The molecular weight excluding hydrogens is 514 g/mol. The second-order valence-corrected chi connectivity index (χ2v) is 8.61. The number of rotatable bonds is 8. The number of amides is 2. The standard InChI is InChI=1S/C27H24ClN3O7/c1-4-37-26(32)24-16(2)30(19-8-6-18(28)7-9-19)27(33)29-25(24)17-5-14-23(22(15-17)31(34)35)38-21-12-10-20(36-3)11-13-21/h5-15,25H,4H2,1-3H3,(H,29,33)/t25-/m0/s1. The number of nitro benzene ring substituents is 1. The highest BCUT2D eigenvalue weighted by Crippen LogP contribution is 2.39. The van der Waals surface area contributed by atoms with E-state index in [2.05, 4.69) is 5.32 Å². The molecule has 3 aromatic rings. The Kier molecular flexibility index (Phi) is 7.82. The van der Waals surface area contributed by atoms with Crippen molar-refractivity contribution in [2.45, 2.75) is 19.9 Å². The van der Waals surface area contributed by atoms with Gasteiger partial charge in [0.2, 0.25) is 5.75 Å². The third-order valence-corrected chi connectivity index (χ3v) is 6.12. The van der Waals surface area contributed by atoms with Crippen molar-refractivity contribution in [2.24, 2.45) is 0 Å². The zero-order valence-corrected chi connectivity index (χ0v) is 21.5. The highest BCUT2D eigenvalue weighted by atomic mass is 35.5. The lowest BCUT2D eigenvalue weighted by Crippen LogP contribution is -2.48. The Bertz CT molecular complexity index is 1410. The molecule has 0 saturated carbocycles. The van der Waals surface area contributed by atoms with Crippen LogP contribution >= 0.6 is 11.6 Å². The summed E-state index contributed by atoms with van der Waals surface area (Å²) >= 11 is 5.99. The minimum atomic E-state index is -1.00. The summed E-state index contributed by atoms with van der Waals surface area (Å²) in [5, 5.41) is 15.2. The monoisotopic (exact) mass is 537 g/mol. The van der Waals surface area contributed by atoms with Gasteiger partial charge in [0.05, 0.1) is 35.9 Å². The van der Waals surface area contributed by atoms with Crippen LogP contribution in [0.1, 0.15) is 25.5 Å². The number of carbonyl (C=O) groups excluding carboxylic acids is 2. The number of nitro groups is 1. The van der Waals surface area contributed by atoms with Gasteiger partial charge in [-0.15, -0.1) is 0 Å². The summed E-state index contributed by atoms with van der Waals surface area (Å²) in [6.45, 7) is 3.38. The maximum Gasteiger partial charge on any atom is 0.338 e. The minimum absolute atomic E-state index is 0.00719. The summed E-state index contributed by atoms with van der Waals surface area (Å²) in [5.41, 5.74) is 0.915. The van der Waals surface area contributed by atoms with Gasteiger partial charge in [0.1, 0.15) is 11.5 Å². The Morgan fingerprint density at radius 3 is 2.34 bits per heavy atom. The first kappa shape index (κ1) is 26.5. The van der Waals surface area contributed by atoms with Crippen LogP contribution in [0.4, 0.5) is 16.2 Å². The number of anilines is 1. The molecule has 0 radical (unpaired) electrons. The summed E-state index contributed by atoms with van der Waals surface area (Å²) in [4.78, 5) is 39.0. The first-order valence-electron chi connectivity index (χ1n) is 11.6. The fourth-order valence-corrected chi connectivity index (χ4v) is 4.21. The summed E-state index contributed by atoms with van der Waals surface area (Å²) < 4.78 is 16.1. The fraction of sp³-hybridized carbons (Fsp3) is 0.185. The number of hydrogen-bond acceptors (Lipinski definition) is 7. The van der Waals surface area contributed by atoms with Crippen LogP contribution in [-0.4, -0.2) is 30.6 Å². The molecule has 1 atom stereocenters. The molecule has 2 amide bonds. The molecule has 0 aliphatic carbocycles. The number of allylic oxidation sites excluding steroid dienone is 1. The van der Waals surface area contributed by atoms with E-state index in [1.54, 1.807) is 68.4 Å². The number of benzene rings is 3. The molecule has 0 aromatic heterocycles. The van der Waals surface area contributed by atoms with Gasteiger partial charge in [0, 0.05) is 16.8 Å². The van der Waals surface area contributed by atoms with E-state index in [0.29, 0.717) is 33.5 Å². The summed E-state index contributed by atoms with van der Waals surface area (Å²) in [6, 6.07) is 15.8. The molecule has 0 bridgehead atoms. The zero-order chi connectivity index (χ0) is 27.4. The first-order valence-corrected chi connectivity index (χ1v) is 12.0. The Labute approximate surface area is 223 Å². The van der Waals surface area contributed by atoms with Crippen LogP contribution in [0, 0.1) is 10.1 Å². The van der Waals surface area contributed by atoms with Crippen molar-refractivity contribution in [1.29, 1.82) is 0 Å². The highest BCUT2D eigenvalue weighted by Gasteiger charge is 2.38. The van der Waals surface area contributed by atoms with Crippen LogP contribution in [0.2, 0.25) is 5.02 Å². The van der Waals surface area contributed by atoms with Gasteiger partial charge in [-0.05, 0) is 74.0 Å². The van der Waals surface area contributed by atoms with Gasteiger partial charge >= 0.3 is 17.7 Å². The zero-order valence-electron chi connectivity index (χ0n) is 20.8. The quantitative estimate of drug-likeness (QED) is 0.207. The predicted octanol–water partition coefficient (Wildman–Crippen LogP) is 6.16. The van der Waals surface area contributed by atoms with E-state index >= 15 is 0 Å². The van der Waals surface area contributed by atoms with Crippen molar-refractivity contribution in [3.8, 4) is 17.2 Å². The van der Waals surface area contributed by atoms with E-state index in [1.807, 2.05) is 0 Å². The maximum absolute atomic E-state index is 13.2. The van der Waals surface area contributed by atoms with Gasteiger partial charge in [-0.3, -0.25) is 15.0 Å². The molecule has 1 aliphatic heterocycles. The number of methoxy groups -OCH3 is 1. The van der Waals surface area contributed by atoms with Crippen molar-refractivity contribution in [2.75, 3.05) is 18.6 Å². The van der Waals surface area contributed by atoms with Crippen LogP contribution in [0.3, 0.4) is 0 Å². The van der Waals surface area contributed by atoms with Gasteiger partial charge < -0.3 is 19.5 Å². The molecule has 0 fully saturated rings. The van der Waals surface area contributed by atoms with E-state index < -0.39 is 23.0 Å². The predicted molar refractivity (Wildman–Crippen MR) is 141 cm³/mol. The molecule has 3 aromatic carbocycles. The summed E-state index contributed by atoms with van der Waals surface area (Å²) in [7, 11) is 1.53. The smallest absolute Gasteiger partial charge is 0.338 e. The van der Waals surface area contributed by atoms with Crippen molar-refractivity contribution < 1.29 is 28.7 Å². The molecule has 0 unspecified atom stereocenters. The van der Waals surface area contributed by atoms with E-state index in [4.69, 9.17) is 25.8 Å². The lowest BCUT2D eigenvalue weighted by atomic mass is 9.94. The Morgan fingerprint density at radius 2 is 1.74 bits per heavy atom. The molecule has 196 valence electrons. The average Bonchev–Trinajstić information content (AvgIpc) is 2.90. The average molecular weight is 538 g/mol. The van der Waals surface area contributed by atoms with Crippen LogP contribution in [-0.2, 0) is 9.53 Å². The summed E-state index contributed by atoms with van der Waals surface area (Å²) in [5.74, 6) is 0.313. The summed E-state index contributed by atoms with van der Waals surface area (Å²) in [6.07, 6.45) is 0. The van der Waals surface area contributed by atoms with Gasteiger partial charge in [0.15, 0.2) is 0 Å². The van der Waals surface area contributed by atoms with Gasteiger partial charge in [-0.25, -0.2) is 9.59 Å². The number of esters is 1. The molecule has 38 heavy (non-hydrogen) atoms. The van der Waals surface area contributed by atoms with E-state index in [-0.39, 0.29) is 23.6 Å². The lowest BCUT2D eigenvalue weighted by molar-refractivity contribution is -0.385. The van der Waals surface area contributed by atoms with Gasteiger partial charge in [-0.1, -0.05) is 17.7 Å². The Morgan fingerprint density at radius 1 is 1.08 bits per heavy atom. The molecule has 0 saturated heterocycles. The second kappa shape index (κ2) is 11.2. The SMILES string of the molecule is CCOC(=O)C1=C(C)N(c2ccc(Cl)cc2)C(=O)N[C@H]1c1ccc(Oc2ccc(OC)cc2)c([N+](=O)[O-])c1. The van der Waals surface area contributed by atoms with Crippen molar-refractivity contribution >= 4 is 35.0 Å². The number of ether oxygens (including phenoxy) is 3. The minimum Gasteiger partial charge on any atom is -0.497 e. The lowest BCUT2D eigenvalue weighted by Gasteiger charge is -2.35. The largest absolute Gasteiger partial charge is 0.497 e. The first-order chi connectivity index (χ1) is 18.2. The Hall–Kier alpha value is -4.57. The van der Waals surface area contributed by atoms with Crippen LogP contribution in [0.5, 0.6) is 17.2 Å². The number of nitrogens with one attached hydrogen (secondary N) is 1. The van der Waals surface area contributed by atoms with E-state index in [9.17, 15) is 19.7 Å². The number of carbonyl (C=O) groups is 2. The fourth-order valence-electron chi connectivity index (χ4n) is 4.08. The number of halogens is 1. The number of nitrogens with zero attached hydrogens (tertiary/aromatic N) is 2. The highest BCUT2D eigenvalue weighted by molar-refractivity contribution is 6.30. The van der Waals surface area contributed by atoms with Crippen LogP contribution in [0.25, 0.3) is 0 Å². The molecule has 10 nitrogen and oxygen atoms in total. The maximum atomic E-state index is 13.2. The third kappa shape index (κ3) is 5.40. The molecule has 1 aliphatic rings. The van der Waals surface area contributed by atoms with Crippen molar-refractivity contribution in [1.82, 2.24) is 5.32 Å². The second-order valence-electron chi connectivity index (χ2n) is 8.18. The third-order valence-electron chi connectivity index (χ3n) is 5.87. The van der Waals surface area contributed by atoms with Gasteiger partial charge in [0.25, 0.3) is 0 Å². The molecular formula is C27H24ClN3O7. The van der Waals surface area contributed by atoms with Gasteiger partial charge in [-0.2, -0.15) is 0 Å². The normalized spacial score (nSPS) is 15.1. The van der Waals surface area contributed by atoms with E-state index in [1.165, 1.54) is 24.1 Å². The molecule has 0 spiro atoms. The Balaban J connectivity index is 1.76. The number of urea groups is 1. The van der Waals surface area contributed by atoms with Crippen molar-refractivity contribution in [3.63, 3.8) is 0 Å². The van der Waals surface area contributed by atoms with Crippen molar-refractivity contribution in [3.05, 3.63) is 98.7 Å².